The van der Waals surface area contributed by atoms with Gasteiger partial charge in [0.1, 0.15) is 12.4 Å². The fourth-order valence-corrected chi connectivity index (χ4v) is 4.56. The second kappa shape index (κ2) is 8.47. The van der Waals surface area contributed by atoms with E-state index in [1.54, 1.807) is 25.2 Å². The fraction of sp³-hybridized carbons (Fsp3) is 0.471. The summed E-state index contributed by atoms with van der Waals surface area (Å²) in [7, 11) is -1.64. The Morgan fingerprint density at radius 3 is 2.55 bits per heavy atom. The van der Waals surface area contributed by atoms with Crippen LogP contribution in [0.4, 0.5) is 5.69 Å². The molecule has 29 heavy (non-hydrogen) atoms. The summed E-state index contributed by atoms with van der Waals surface area (Å²) in [5.74, 6) is 0.0157. The van der Waals surface area contributed by atoms with Crippen molar-refractivity contribution in [3.05, 3.63) is 44.6 Å². The van der Waals surface area contributed by atoms with Crippen LogP contribution in [-0.4, -0.2) is 52.3 Å². The quantitative estimate of drug-likeness (QED) is 0.728. The lowest BCUT2D eigenvalue weighted by atomic mass is 9.97. The summed E-state index contributed by atoms with van der Waals surface area (Å²) in [6.07, 6.45) is 2.30. The Kier molecular flexibility index (Phi) is 6.37. The number of carbonyl (C=O) groups is 1. The van der Waals surface area contributed by atoms with Crippen molar-refractivity contribution < 1.29 is 13.2 Å². The van der Waals surface area contributed by atoms with Crippen molar-refractivity contribution in [3.8, 4) is 0 Å². The molecule has 1 N–H and O–H groups in total. The first-order valence-electron chi connectivity index (χ1n) is 8.90. The van der Waals surface area contributed by atoms with E-state index in [0.29, 0.717) is 42.5 Å². The topological polar surface area (TPSA) is 106 Å². The third-order valence-electron chi connectivity index (χ3n) is 4.88. The lowest BCUT2D eigenvalue weighted by Crippen LogP contribution is -2.37. The number of piperidine rings is 1. The van der Waals surface area contributed by atoms with Gasteiger partial charge < -0.3 is 5.32 Å². The fourth-order valence-electron chi connectivity index (χ4n) is 3.33. The lowest BCUT2D eigenvalue weighted by Gasteiger charge is -2.29. The maximum absolute atomic E-state index is 12.5. The second-order valence-electron chi connectivity index (χ2n) is 6.94. The molecule has 2 heterocycles. The van der Waals surface area contributed by atoms with Crippen LogP contribution < -0.4 is 11.0 Å². The summed E-state index contributed by atoms with van der Waals surface area (Å²) in [6.45, 7) is 0.467. The van der Waals surface area contributed by atoms with E-state index in [9.17, 15) is 18.0 Å². The molecule has 158 valence electrons. The van der Waals surface area contributed by atoms with Crippen molar-refractivity contribution in [2.24, 2.45) is 7.05 Å². The molecule has 0 unspecified atom stereocenters. The molecule has 1 aliphatic heterocycles. The van der Waals surface area contributed by atoms with Crippen molar-refractivity contribution in [3.63, 3.8) is 0 Å². The number of nitrogens with zero attached hydrogens (tertiary/aromatic N) is 4. The van der Waals surface area contributed by atoms with E-state index in [2.05, 4.69) is 10.4 Å². The molecule has 3 rings (SSSR count). The minimum absolute atomic E-state index is 0.0580. The number of rotatable bonds is 5. The molecule has 1 aliphatic rings. The molecule has 0 aliphatic carbocycles. The largest absolute Gasteiger partial charge is 0.346 e. The van der Waals surface area contributed by atoms with Crippen LogP contribution >= 0.6 is 23.2 Å². The number of hydrogen-bond donors (Lipinski definition) is 1. The van der Waals surface area contributed by atoms with Crippen molar-refractivity contribution in [1.29, 1.82) is 0 Å². The Labute approximate surface area is 178 Å². The maximum Gasteiger partial charge on any atom is 0.346 e. The highest BCUT2D eigenvalue weighted by Crippen LogP contribution is 2.29. The van der Waals surface area contributed by atoms with Crippen LogP contribution in [0.2, 0.25) is 10.0 Å². The van der Waals surface area contributed by atoms with Gasteiger partial charge in [0.2, 0.25) is 15.9 Å². The van der Waals surface area contributed by atoms with Gasteiger partial charge in [-0.2, -0.15) is 5.10 Å². The van der Waals surface area contributed by atoms with Crippen molar-refractivity contribution in [2.45, 2.75) is 25.3 Å². The van der Waals surface area contributed by atoms with Crippen LogP contribution in [-0.2, 0) is 28.4 Å². The molecule has 0 radical (unpaired) electrons. The molecule has 0 saturated carbocycles. The van der Waals surface area contributed by atoms with Crippen LogP contribution in [0.1, 0.15) is 24.6 Å². The number of nitrogens with one attached hydrogen (secondary N) is 1. The zero-order valence-electron chi connectivity index (χ0n) is 15.9. The first-order chi connectivity index (χ1) is 13.6. The third-order valence-corrected chi connectivity index (χ3v) is 7.00. The van der Waals surface area contributed by atoms with Gasteiger partial charge in [0.05, 0.1) is 22.0 Å². The number of sulfonamides is 1. The standard InChI is InChI=1S/C17H21Cl2N5O4S/c1-22-16(11-6-8-23(9-7-11)29(2,27)28)21-24(17(22)26)10-14(25)20-13-5-3-4-12(18)15(13)19/h3-5,11H,6-10H2,1-2H3,(H,20,25). The van der Waals surface area contributed by atoms with Gasteiger partial charge in [-0.15, -0.1) is 0 Å². The van der Waals surface area contributed by atoms with Gasteiger partial charge in [-0.3, -0.25) is 9.36 Å². The number of hydrogen-bond acceptors (Lipinski definition) is 5. The Bertz CT molecular complexity index is 1090. The monoisotopic (exact) mass is 461 g/mol. The average molecular weight is 462 g/mol. The first-order valence-corrected chi connectivity index (χ1v) is 11.5. The van der Waals surface area contributed by atoms with Crippen LogP contribution in [0.5, 0.6) is 0 Å². The van der Waals surface area contributed by atoms with Gasteiger partial charge >= 0.3 is 5.69 Å². The molecule has 0 spiro atoms. The van der Waals surface area contributed by atoms with Gasteiger partial charge in [0.15, 0.2) is 0 Å². The Balaban J connectivity index is 1.72. The van der Waals surface area contributed by atoms with E-state index in [4.69, 9.17) is 23.2 Å². The van der Waals surface area contributed by atoms with Crippen molar-refractivity contribution in [1.82, 2.24) is 18.7 Å². The van der Waals surface area contributed by atoms with E-state index < -0.39 is 21.6 Å². The predicted octanol–water partition coefficient (Wildman–Crippen LogP) is 1.67. The molecule has 9 nitrogen and oxygen atoms in total. The maximum atomic E-state index is 12.5. The van der Waals surface area contributed by atoms with Crippen LogP contribution in [0.15, 0.2) is 23.0 Å². The van der Waals surface area contributed by atoms with Gasteiger partial charge in [-0.05, 0) is 25.0 Å². The van der Waals surface area contributed by atoms with E-state index >= 15 is 0 Å². The van der Waals surface area contributed by atoms with E-state index in [1.807, 2.05) is 0 Å². The normalized spacial score (nSPS) is 16.1. The predicted molar refractivity (Wildman–Crippen MR) is 111 cm³/mol. The molecule has 2 aromatic rings. The smallest absolute Gasteiger partial charge is 0.323 e. The van der Waals surface area contributed by atoms with Crippen LogP contribution in [0.3, 0.4) is 0 Å². The summed E-state index contributed by atoms with van der Waals surface area (Å²) < 4.78 is 27.2. The number of amides is 1. The van der Waals surface area contributed by atoms with Crippen LogP contribution in [0, 0.1) is 0 Å². The molecule has 1 aromatic heterocycles. The van der Waals surface area contributed by atoms with Gasteiger partial charge in [0.25, 0.3) is 0 Å². The summed E-state index contributed by atoms with van der Waals surface area (Å²) in [4.78, 5) is 24.8. The van der Waals surface area contributed by atoms with Crippen molar-refractivity contribution in [2.75, 3.05) is 24.7 Å². The zero-order chi connectivity index (χ0) is 21.3. The van der Waals surface area contributed by atoms with E-state index in [0.717, 1.165) is 4.68 Å². The Hall–Kier alpha value is -1.88. The second-order valence-corrected chi connectivity index (χ2v) is 9.71. The number of carbonyl (C=O) groups excluding carboxylic acids is 1. The number of halogens is 2. The van der Waals surface area contributed by atoms with Crippen LogP contribution in [0.25, 0.3) is 0 Å². The molecule has 0 bridgehead atoms. The zero-order valence-corrected chi connectivity index (χ0v) is 18.3. The number of anilines is 1. The van der Waals surface area contributed by atoms with Gasteiger partial charge in [-0.25, -0.2) is 22.2 Å². The highest BCUT2D eigenvalue weighted by atomic mass is 35.5. The molecular weight excluding hydrogens is 441 g/mol. The summed E-state index contributed by atoms with van der Waals surface area (Å²) in [6, 6.07) is 4.86. The number of benzene rings is 1. The molecule has 0 atom stereocenters. The third kappa shape index (κ3) is 4.82. The summed E-state index contributed by atoms with van der Waals surface area (Å²) >= 11 is 12.0. The molecule has 1 amide bonds. The Morgan fingerprint density at radius 1 is 1.28 bits per heavy atom. The number of aromatic nitrogens is 3. The average Bonchev–Trinajstić information content (AvgIpc) is 2.93. The van der Waals surface area contributed by atoms with Gasteiger partial charge in [-0.1, -0.05) is 29.3 Å². The molecule has 1 aromatic carbocycles. The molecule has 1 saturated heterocycles. The highest BCUT2D eigenvalue weighted by molar-refractivity contribution is 7.88. The minimum Gasteiger partial charge on any atom is -0.323 e. The Morgan fingerprint density at radius 2 is 1.93 bits per heavy atom. The molecular formula is C17H21Cl2N5O4S. The minimum atomic E-state index is -3.23. The highest BCUT2D eigenvalue weighted by Gasteiger charge is 2.29. The van der Waals surface area contributed by atoms with E-state index in [1.165, 1.54) is 15.1 Å². The van der Waals surface area contributed by atoms with Crippen molar-refractivity contribution >= 4 is 44.8 Å². The summed E-state index contributed by atoms with van der Waals surface area (Å²) in [5.41, 5.74) is -0.0700. The van der Waals surface area contributed by atoms with Gasteiger partial charge in [0, 0.05) is 26.1 Å². The van der Waals surface area contributed by atoms with E-state index in [-0.39, 0.29) is 17.5 Å². The summed E-state index contributed by atoms with van der Waals surface area (Å²) in [5, 5.41) is 7.47. The molecule has 1 fully saturated rings. The first kappa shape index (κ1) is 21.8. The SMILES string of the molecule is Cn1c(C2CCN(S(C)(=O)=O)CC2)nn(CC(=O)Nc2cccc(Cl)c2Cl)c1=O. The molecule has 12 heteroatoms. The lowest BCUT2D eigenvalue weighted by molar-refractivity contribution is -0.117.